The van der Waals surface area contributed by atoms with Gasteiger partial charge in [0.2, 0.25) is 0 Å². The summed E-state index contributed by atoms with van der Waals surface area (Å²) in [6.07, 6.45) is 0. The van der Waals surface area contributed by atoms with Crippen molar-refractivity contribution >= 4 is 17.0 Å². The predicted octanol–water partition coefficient (Wildman–Crippen LogP) is 3.61. The molecular formula is C19H21FN4S. The van der Waals surface area contributed by atoms with Crippen molar-refractivity contribution in [2.75, 3.05) is 31.1 Å². The molecule has 3 aromatic rings. The van der Waals surface area contributed by atoms with Gasteiger partial charge in [-0.2, -0.15) is 5.10 Å². The maximum Gasteiger partial charge on any atom is 0.123 e. The zero-order valence-electron chi connectivity index (χ0n) is 14.2. The van der Waals surface area contributed by atoms with E-state index < -0.39 is 0 Å². The highest BCUT2D eigenvalue weighted by molar-refractivity contribution is 7.13. The van der Waals surface area contributed by atoms with Gasteiger partial charge in [-0.1, -0.05) is 6.07 Å². The van der Waals surface area contributed by atoms with E-state index in [0.717, 1.165) is 44.1 Å². The van der Waals surface area contributed by atoms with Crippen molar-refractivity contribution in [1.82, 2.24) is 14.7 Å². The first kappa shape index (κ1) is 16.3. The lowest BCUT2D eigenvalue weighted by atomic mass is 10.2. The Bertz CT molecular complexity index is 818. The number of aromatic nitrogens is 2. The molecule has 0 aliphatic carbocycles. The van der Waals surface area contributed by atoms with Gasteiger partial charge in [0, 0.05) is 45.5 Å². The van der Waals surface area contributed by atoms with Crippen LogP contribution in [0.3, 0.4) is 0 Å². The van der Waals surface area contributed by atoms with Crippen LogP contribution in [0, 0.1) is 5.82 Å². The molecule has 3 heterocycles. The van der Waals surface area contributed by atoms with Crippen molar-refractivity contribution in [1.29, 1.82) is 0 Å². The summed E-state index contributed by atoms with van der Waals surface area (Å²) in [5, 5.41) is 6.73. The highest BCUT2D eigenvalue weighted by atomic mass is 32.1. The lowest BCUT2D eigenvalue weighted by Crippen LogP contribution is -2.46. The quantitative estimate of drug-likeness (QED) is 0.714. The number of benzene rings is 1. The number of anilines is 1. The number of halogens is 1. The summed E-state index contributed by atoms with van der Waals surface area (Å²) < 4.78 is 15.1. The zero-order valence-corrected chi connectivity index (χ0v) is 15.0. The van der Waals surface area contributed by atoms with Gasteiger partial charge in [-0.3, -0.25) is 9.58 Å². The number of nitrogens with zero attached hydrogens (tertiary/aromatic N) is 4. The second-order valence-corrected chi connectivity index (χ2v) is 7.31. The van der Waals surface area contributed by atoms with E-state index in [9.17, 15) is 4.39 Å². The Morgan fingerprint density at radius 3 is 2.52 bits per heavy atom. The molecule has 1 aliphatic rings. The highest BCUT2D eigenvalue weighted by Gasteiger charge is 2.19. The minimum absolute atomic E-state index is 0.180. The van der Waals surface area contributed by atoms with E-state index in [1.165, 1.54) is 22.7 Å². The highest BCUT2D eigenvalue weighted by Crippen LogP contribution is 2.25. The molecule has 1 fully saturated rings. The van der Waals surface area contributed by atoms with Crippen molar-refractivity contribution in [3.8, 4) is 10.6 Å². The smallest absolute Gasteiger partial charge is 0.123 e. The van der Waals surface area contributed by atoms with Gasteiger partial charge in [0.1, 0.15) is 11.5 Å². The number of piperazine rings is 1. The number of rotatable bonds is 4. The molecule has 0 saturated carbocycles. The molecule has 25 heavy (non-hydrogen) atoms. The average Bonchev–Trinajstić information content (AvgIpc) is 3.27. The fourth-order valence-electron chi connectivity index (χ4n) is 3.24. The van der Waals surface area contributed by atoms with E-state index in [1.807, 2.05) is 23.9 Å². The van der Waals surface area contributed by atoms with Gasteiger partial charge in [-0.25, -0.2) is 4.39 Å². The summed E-state index contributed by atoms with van der Waals surface area (Å²) in [6, 6.07) is 13.1. The molecule has 0 amide bonds. The summed E-state index contributed by atoms with van der Waals surface area (Å²) in [6.45, 7) is 4.82. The molecule has 0 spiro atoms. The Kier molecular flexibility index (Phi) is 4.55. The van der Waals surface area contributed by atoms with Crippen molar-refractivity contribution in [3.05, 3.63) is 59.4 Å². The number of hydrogen-bond acceptors (Lipinski definition) is 4. The third kappa shape index (κ3) is 3.60. The lowest BCUT2D eigenvalue weighted by molar-refractivity contribution is 0.243. The molecule has 1 aliphatic heterocycles. The van der Waals surface area contributed by atoms with E-state index in [-0.39, 0.29) is 5.82 Å². The van der Waals surface area contributed by atoms with Crippen LogP contribution >= 0.6 is 11.3 Å². The normalized spacial score (nSPS) is 15.7. The number of aryl methyl sites for hydroxylation is 1. The Hall–Kier alpha value is -2.18. The van der Waals surface area contributed by atoms with E-state index in [1.54, 1.807) is 11.3 Å². The molecule has 6 heteroatoms. The third-order valence-corrected chi connectivity index (χ3v) is 5.59. The van der Waals surface area contributed by atoms with Crippen LogP contribution in [0.15, 0.2) is 47.8 Å². The second-order valence-electron chi connectivity index (χ2n) is 6.36. The topological polar surface area (TPSA) is 24.3 Å². The lowest BCUT2D eigenvalue weighted by Gasteiger charge is -2.36. The fourth-order valence-corrected chi connectivity index (χ4v) is 3.93. The van der Waals surface area contributed by atoms with Gasteiger partial charge in [0.25, 0.3) is 0 Å². The van der Waals surface area contributed by atoms with Crippen LogP contribution in [0.2, 0.25) is 0 Å². The summed E-state index contributed by atoms with van der Waals surface area (Å²) in [5.41, 5.74) is 3.39. The Morgan fingerprint density at radius 2 is 1.84 bits per heavy atom. The molecule has 2 aromatic heterocycles. The average molecular weight is 356 g/mol. The molecule has 0 unspecified atom stereocenters. The van der Waals surface area contributed by atoms with Gasteiger partial charge in [0.15, 0.2) is 0 Å². The van der Waals surface area contributed by atoms with Crippen LogP contribution in [0.25, 0.3) is 10.6 Å². The Morgan fingerprint density at radius 1 is 1.08 bits per heavy atom. The van der Waals surface area contributed by atoms with Gasteiger partial charge >= 0.3 is 0 Å². The van der Waals surface area contributed by atoms with Gasteiger partial charge < -0.3 is 4.90 Å². The van der Waals surface area contributed by atoms with Crippen molar-refractivity contribution in [3.63, 3.8) is 0 Å². The maximum atomic E-state index is 13.1. The molecule has 1 saturated heterocycles. The van der Waals surface area contributed by atoms with Crippen LogP contribution < -0.4 is 4.90 Å². The second kappa shape index (κ2) is 6.98. The van der Waals surface area contributed by atoms with Crippen LogP contribution in [-0.4, -0.2) is 40.9 Å². The molecule has 0 radical (unpaired) electrons. The molecule has 130 valence electrons. The minimum atomic E-state index is -0.180. The standard InChI is InChI=1S/C19H21FN4S/c1-22-17(13-18(21-22)19-3-2-12-25-19)14-23-8-10-24(11-9-23)16-6-4-15(20)5-7-16/h2-7,12-13H,8-11,14H2,1H3. The fraction of sp³-hybridized carbons (Fsp3) is 0.316. The first-order valence-corrected chi connectivity index (χ1v) is 9.37. The maximum absolute atomic E-state index is 13.1. The van der Waals surface area contributed by atoms with Gasteiger partial charge in [-0.05, 0) is 41.8 Å². The Balaban J connectivity index is 1.38. The van der Waals surface area contributed by atoms with Crippen LogP contribution in [-0.2, 0) is 13.6 Å². The summed E-state index contributed by atoms with van der Waals surface area (Å²) >= 11 is 1.72. The van der Waals surface area contributed by atoms with Crippen molar-refractivity contribution in [2.24, 2.45) is 7.05 Å². The summed E-state index contributed by atoms with van der Waals surface area (Å²) in [5.74, 6) is -0.180. The first-order chi connectivity index (χ1) is 12.2. The van der Waals surface area contributed by atoms with Crippen molar-refractivity contribution < 1.29 is 4.39 Å². The molecule has 4 nitrogen and oxygen atoms in total. The van der Waals surface area contributed by atoms with Crippen LogP contribution in [0.5, 0.6) is 0 Å². The SMILES string of the molecule is Cn1nc(-c2cccs2)cc1CN1CCN(c2ccc(F)cc2)CC1. The predicted molar refractivity (Wildman–Crippen MR) is 100 cm³/mol. The number of thiophene rings is 1. The molecule has 0 atom stereocenters. The largest absolute Gasteiger partial charge is 0.369 e. The summed E-state index contributed by atoms with van der Waals surface area (Å²) in [4.78, 5) is 5.98. The zero-order chi connectivity index (χ0) is 17.2. The first-order valence-electron chi connectivity index (χ1n) is 8.49. The van der Waals surface area contributed by atoms with E-state index >= 15 is 0 Å². The molecular weight excluding hydrogens is 335 g/mol. The molecule has 1 aromatic carbocycles. The number of hydrogen-bond donors (Lipinski definition) is 0. The summed E-state index contributed by atoms with van der Waals surface area (Å²) in [7, 11) is 2.02. The van der Waals surface area contributed by atoms with Crippen LogP contribution in [0.4, 0.5) is 10.1 Å². The molecule has 4 rings (SSSR count). The Labute approximate surface area is 151 Å². The molecule has 0 N–H and O–H groups in total. The van der Waals surface area contributed by atoms with Crippen LogP contribution in [0.1, 0.15) is 5.69 Å². The molecule has 0 bridgehead atoms. The van der Waals surface area contributed by atoms with E-state index in [2.05, 4.69) is 38.5 Å². The van der Waals surface area contributed by atoms with E-state index in [0.29, 0.717) is 0 Å². The monoisotopic (exact) mass is 356 g/mol. The third-order valence-electron chi connectivity index (χ3n) is 4.70. The minimum Gasteiger partial charge on any atom is -0.369 e. The van der Waals surface area contributed by atoms with E-state index in [4.69, 9.17) is 0 Å². The van der Waals surface area contributed by atoms with Gasteiger partial charge in [-0.15, -0.1) is 11.3 Å². The van der Waals surface area contributed by atoms with Crippen molar-refractivity contribution in [2.45, 2.75) is 6.54 Å². The van der Waals surface area contributed by atoms with Gasteiger partial charge in [0.05, 0.1) is 10.6 Å².